The van der Waals surface area contributed by atoms with Gasteiger partial charge in [-0.3, -0.25) is 4.79 Å². The van der Waals surface area contributed by atoms with Crippen LogP contribution in [0.15, 0.2) is 12.3 Å². The lowest BCUT2D eigenvalue weighted by molar-refractivity contribution is -0.116. The van der Waals surface area contributed by atoms with Gasteiger partial charge in [0.05, 0.1) is 16.5 Å². The molecule has 2 heterocycles. The van der Waals surface area contributed by atoms with Crippen molar-refractivity contribution in [2.24, 2.45) is 0 Å². The summed E-state index contributed by atoms with van der Waals surface area (Å²) in [6, 6.07) is 1.80. The van der Waals surface area contributed by atoms with Crippen LogP contribution in [0, 0.1) is 4.51 Å². The Morgan fingerprint density at radius 3 is 2.94 bits per heavy atom. The zero-order chi connectivity index (χ0) is 11.3. The molecule has 1 aliphatic heterocycles. The maximum absolute atomic E-state index is 11.8. The van der Waals surface area contributed by atoms with Gasteiger partial charge in [-0.1, -0.05) is 12.2 Å². The highest BCUT2D eigenvalue weighted by atomic mass is 32.1. The van der Waals surface area contributed by atoms with Crippen molar-refractivity contribution in [2.75, 3.05) is 17.3 Å². The van der Waals surface area contributed by atoms with Gasteiger partial charge in [0, 0.05) is 13.2 Å². The normalized spacial score (nSPS) is 21.3. The number of amides is 1. The third-order valence-electron chi connectivity index (χ3n) is 3.57. The average molecular weight is 235 g/mol. The minimum absolute atomic E-state index is 0.0228. The van der Waals surface area contributed by atoms with E-state index in [0.717, 1.165) is 24.3 Å². The third-order valence-corrected chi connectivity index (χ3v) is 3.91. The molecular formula is C11H13N3OS. The van der Waals surface area contributed by atoms with Crippen LogP contribution in [0.1, 0.15) is 19.3 Å². The fourth-order valence-corrected chi connectivity index (χ4v) is 2.56. The molecule has 0 atom stereocenters. The van der Waals surface area contributed by atoms with Crippen molar-refractivity contribution in [1.82, 2.24) is 4.98 Å². The van der Waals surface area contributed by atoms with E-state index < -0.39 is 0 Å². The lowest BCUT2D eigenvalue weighted by atomic mass is 10.1. The van der Waals surface area contributed by atoms with Crippen LogP contribution in [0.5, 0.6) is 0 Å². The van der Waals surface area contributed by atoms with Crippen molar-refractivity contribution in [3.05, 3.63) is 16.8 Å². The van der Waals surface area contributed by atoms with Gasteiger partial charge in [0.25, 0.3) is 0 Å². The Labute approximate surface area is 98.7 Å². The standard InChI is InChI=1S/C11H13N3OS/c1-14-10-9(7(16)2-5-12-10)13-8(15)6-11(14)3-4-11/h2,5H,3-4,6H2,1H3,(H,12,16)(H,13,15). The highest BCUT2D eigenvalue weighted by molar-refractivity contribution is 7.71. The molecular weight excluding hydrogens is 222 g/mol. The van der Waals surface area contributed by atoms with Gasteiger partial charge in [0.15, 0.2) is 0 Å². The summed E-state index contributed by atoms with van der Waals surface area (Å²) >= 11 is 5.24. The first-order valence-electron chi connectivity index (χ1n) is 5.38. The molecule has 16 heavy (non-hydrogen) atoms. The van der Waals surface area contributed by atoms with Crippen molar-refractivity contribution in [3.8, 4) is 0 Å². The second kappa shape index (κ2) is 3.07. The van der Waals surface area contributed by atoms with E-state index in [1.807, 2.05) is 13.2 Å². The van der Waals surface area contributed by atoms with Crippen LogP contribution >= 0.6 is 12.2 Å². The molecule has 0 radical (unpaired) electrons. The summed E-state index contributed by atoms with van der Waals surface area (Å²) < 4.78 is 0.687. The Kier molecular flexibility index (Phi) is 1.89. The van der Waals surface area contributed by atoms with Crippen molar-refractivity contribution >= 4 is 29.6 Å². The van der Waals surface area contributed by atoms with E-state index in [1.165, 1.54) is 0 Å². The van der Waals surface area contributed by atoms with Gasteiger partial charge in [0.2, 0.25) is 5.91 Å². The van der Waals surface area contributed by atoms with Crippen LogP contribution < -0.4 is 10.2 Å². The molecule has 1 aromatic heterocycles. The lowest BCUT2D eigenvalue weighted by Gasteiger charge is -2.27. The maximum Gasteiger partial charge on any atom is 0.226 e. The van der Waals surface area contributed by atoms with E-state index >= 15 is 0 Å². The number of hydrogen-bond acceptors (Lipinski definition) is 3. The van der Waals surface area contributed by atoms with Crippen molar-refractivity contribution < 1.29 is 4.79 Å². The smallest absolute Gasteiger partial charge is 0.226 e. The summed E-state index contributed by atoms with van der Waals surface area (Å²) in [5.41, 5.74) is 0.767. The minimum atomic E-state index is 0.0228. The molecule has 1 amide bonds. The van der Waals surface area contributed by atoms with Crippen molar-refractivity contribution in [2.45, 2.75) is 24.8 Å². The van der Waals surface area contributed by atoms with E-state index in [2.05, 4.69) is 15.2 Å². The number of pyridine rings is 1. The summed E-state index contributed by atoms with van der Waals surface area (Å²) in [6.07, 6.45) is 4.53. The number of hydrogen-bond donors (Lipinski definition) is 2. The number of aromatic nitrogens is 1. The Balaban J connectivity index is 2.19. The zero-order valence-electron chi connectivity index (χ0n) is 9.04. The summed E-state index contributed by atoms with van der Waals surface area (Å²) in [6.45, 7) is 0. The molecule has 0 saturated heterocycles. The monoisotopic (exact) mass is 235 g/mol. The van der Waals surface area contributed by atoms with Gasteiger partial charge >= 0.3 is 0 Å². The van der Waals surface area contributed by atoms with Crippen LogP contribution in [0.25, 0.3) is 0 Å². The van der Waals surface area contributed by atoms with E-state index in [4.69, 9.17) is 12.2 Å². The summed E-state index contributed by atoms with van der Waals surface area (Å²) in [4.78, 5) is 17.1. The molecule has 4 nitrogen and oxygen atoms in total. The van der Waals surface area contributed by atoms with Crippen LogP contribution in [-0.2, 0) is 4.79 Å². The van der Waals surface area contributed by atoms with E-state index in [-0.39, 0.29) is 11.4 Å². The Morgan fingerprint density at radius 2 is 2.25 bits per heavy atom. The summed E-state index contributed by atoms with van der Waals surface area (Å²) in [5.74, 6) is 0.990. The number of rotatable bonds is 0. The van der Waals surface area contributed by atoms with Gasteiger partial charge in [-0.05, 0) is 18.9 Å². The largest absolute Gasteiger partial charge is 0.353 e. The SMILES string of the molecule is CN1c2[nH]ccc(=S)c2NC(=O)CC12CC2. The quantitative estimate of drug-likeness (QED) is 0.677. The van der Waals surface area contributed by atoms with Crippen LogP contribution in [0.3, 0.4) is 0 Å². The van der Waals surface area contributed by atoms with E-state index in [1.54, 1.807) is 6.07 Å². The molecule has 0 aromatic carbocycles. The van der Waals surface area contributed by atoms with Gasteiger partial charge in [-0.2, -0.15) is 0 Å². The summed E-state index contributed by atoms with van der Waals surface area (Å²) in [5, 5.41) is 2.90. The first-order chi connectivity index (χ1) is 7.62. The first-order valence-corrected chi connectivity index (χ1v) is 5.79. The molecule has 2 N–H and O–H groups in total. The minimum Gasteiger partial charge on any atom is -0.353 e. The average Bonchev–Trinajstić information content (AvgIpc) is 3.01. The van der Waals surface area contributed by atoms with Crippen molar-refractivity contribution in [1.29, 1.82) is 0 Å². The number of carbonyl (C=O) groups excluding carboxylic acids is 1. The predicted octanol–water partition coefficient (Wildman–Crippen LogP) is 2.06. The zero-order valence-corrected chi connectivity index (χ0v) is 9.86. The fourth-order valence-electron chi connectivity index (χ4n) is 2.35. The van der Waals surface area contributed by atoms with Crippen LogP contribution in [0.4, 0.5) is 11.5 Å². The number of aromatic amines is 1. The van der Waals surface area contributed by atoms with Gasteiger partial charge in [-0.15, -0.1) is 0 Å². The van der Waals surface area contributed by atoms with Gasteiger partial charge < -0.3 is 15.2 Å². The van der Waals surface area contributed by atoms with Crippen molar-refractivity contribution in [3.63, 3.8) is 0 Å². The maximum atomic E-state index is 11.8. The number of carbonyl (C=O) groups is 1. The van der Waals surface area contributed by atoms with Crippen LogP contribution in [0.2, 0.25) is 0 Å². The Hall–Kier alpha value is -1.36. The molecule has 3 rings (SSSR count). The second-order valence-electron chi connectivity index (χ2n) is 4.57. The number of fused-ring (bicyclic) bond motifs is 1. The number of nitrogens with zero attached hydrogens (tertiary/aromatic N) is 1. The lowest BCUT2D eigenvalue weighted by Crippen LogP contribution is -2.35. The highest BCUT2D eigenvalue weighted by Gasteiger charge is 2.50. The number of H-pyrrole nitrogens is 1. The third kappa shape index (κ3) is 1.28. The summed E-state index contributed by atoms with van der Waals surface area (Å²) in [7, 11) is 2.03. The molecule has 1 spiro atoms. The first kappa shape index (κ1) is 9.84. The molecule has 1 fully saturated rings. The molecule has 1 aromatic rings. The van der Waals surface area contributed by atoms with E-state index in [0.29, 0.717) is 10.9 Å². The topological polar surface area (TPSA) is 48.1 Å². The highest BCUT2D eigenvalue weighted by Crippen LogP contribution is 2.48. The number of anilines is 2. The van der Waals surface area contributed by atoms with Gasteiger partial charge in [-0.25, -0.2) is 0 Å². The predicted molar refractivity (Wildman–Crippen MR) is 65.2 cm³/mol. The van der Waals surface area contributed by atoms with Crippen LogP contribution in [-0.4, -0.2) is 23.5 Å². The van der Waals surface area contributed by atoms with Gasteiger partial charge in [0.1, 0.15) is 11.5 Å². The molecule has 84 valence electrons. The number of nitrogens with one attached hydrogen (secondary N) is 2. The molecule has 0 unspecified atom stereocenters. The Morgan fingerprint density at radius 1 is 1.50 bits per heavy atom. The Bertz CT molecular complexity index is 518. The molecule has 1 saturated carbocycles. The van der Waals surface area contributed by atoms with E-state index in [9.17, 15) is 4.79 Å². The molecule has 2 aliphatic rings. The molecule has 1 aliphatic carbocycles. The fraction of sp³-hybridized carbons (Fsp3) is 0.455. The second-order valence-corrected chi connectivity index (χ2v) is 5.01. The molecule has 0 bridgehead atoms. The molecule has 5 heteroatoms.